The van der Waals surface area contributed by atoms with Gasteiger partial charge in [0.2, 0.25) is 15.9 Å². The predicted octanol–water partition coefficient (Wildman–Crippen LogP) is 3.33. The highest BCUT2D eigenvalue weighted by atomic mass is 32.2. The molecule has 30 heavy (non-hydrogen) atoms. The summed E-state index contributed by atoms with van der Waals surface area (Å²) in [6, 6.07) is 16.9. The largest absolute Gasteiger partial charge is 0.491 e. The van der Waals surface area contributed by atoms with Crippen molar-refractivity contribution < 1.29 is 17.9 Å². The van der Waals surface area contributed by atoms with Crippen LogP contribution in [0.3, 0.4) is 0 Å². The van der Waals surface area contributed by atoms with E-state index in [1.54, 1.807) is 0 Å². The number of ether oxygens (including phenoxy) is 1. The molecule has 162 valence electrons. The fourth-order valence-electron chi connectivity index (χ4n) is 3.61. The van der Waals surface area contributed by atoms with E-state index >= 15 is 0 Å². The molecule has 3 rings (SSSR count). The summed E-state index contributed by atoms with van der Waals surface area (Å²) in [5.74, 6) is 0.599. The summed E-state index contributed by atoms with van der Waals surface area (Å²) in [5.41, 5.74) is 1.76. The van der Waals surface area contributed by atoms with Gasteiger partial charge in [0.1, 0.15) is 5.75 Å². The highest BCUT2D eigenvalue weighted by Gasteiger charge is 2.31. The smallest absolute Gasteiger partial charge is 0.223 e. The number of hydrogen-bond acceptors (Lipinski definition) is 4. The first-order valence-corrected chi connectivity index (χ1v) is 12.0. The minimum Gasteiger partial charge on any atom is -0.491 e. The molecule has 0 aliphatic carbocycles. The van der Waals surface area contributed by atoms with E-state index in [4.69, 9.17) is 4.74 Å². The summed E-state index contributed by atoms with van der Waals surface area (Å²) >= 11 is 0. The molecule has 7 heteroatoms. The van der Waals surface area contributed by atoms with Gasteiger partial charge in [0.15, 0.2) is 0 Å². The van der Waals surface area contributed by atoms with Crippen molar-refractivity contribution in [1.29, 1.82) is 0 Å². The van der Waals surface area contributed by atoms with Gasteiger partial charge in [0.05, 0.1) is 11.9 Å². The fraction of sp³-hybridized carbons (Fsp3) is 0.435. The average molecular weight is 431 g/mol. The molecular formula is C23H30N2O4S. The quantitative estimate of drug-likeness (QED) is 0.697. The summed E-state index contributed by atoms with van der Waals surface area (Å²) in [6.07, 6.45) is 1.17. The van der Waals surface area contributed by atoms with Gasteiger partial charge in [-0.1, -0.05) is 42.5 Å². The van der Waals surface area contributed by atoms with E-state index in [0.29, 0.717) is 32.5 Å². The second-order valence-electron chi connectivity index (χ2n) is 7.95. The molecule has 1 aliphatic rings. The van der Waals surface area contributed by atoms with E-state index in [-0.39, 0.29) is 23.7 Å². The zero-order valence-electron chi connectivity index (χ0n) is 17.6. The van der Waals surface area contributed by atoms with Crippen molar-refractivity contribution in [1.82, 2.24) is 9.62 Å². The number of sulfonamides is 1. The van der Waals surface area contributed by atoms with Crippen LogP contribution in [-0.4, -0.2) is 37.8 Å². The molecule has 1 amide bonds. The minimum atomic E-state index is -3.37. The van der Waals surface area contributed by atoms with Gasteiger partial charge in [-0.05, 0) is 49.9 Å². The van der Waals surface area contributed by atoms with E-state index < -0.39 is 10.0 Å². The summed E-state index contributed by atoms with van der Waals surface area (Å²) in [7, 11) is -3.37. The lowest BCUT2D eigenvalue weighted by Gasteiger charge is -2.30. The van der Waals surface area contributed by atoms with E-state index in [0.717, 1.165) is 16.9 Å². The monoisotopic (exact) mass is 430 g/mol. The first-order valence-electron chi connectivity index (χ1n) is 10.4. The van der Waals surface area contributed by atoms with Crippen LogP contribution in [0, 0.1) is 5.92 Å². The Kier molecular flexibility index (Phi) is 7.50. The van der Waals surface area contributed by atoms with Crippen molar-refractivity contribution in [3.63, 3.8) is 0 Å². The average Bonchev–Trinajstić information content (AvgIpc) is 2.72. The molecule has 0 atom stereocenters. The first kappa shape index (κ1) is 22.3. The number of carbonyl (C=O) groups excluding carboxylic acids is 1. The van der Waals surface area contributed by atoms with Gasteiger partial charge in [-0.2, -0.15) is 0 Å². The van der Waals surface area contributed by atoms with Crippen molar-refractivity contribution in [3.8, 4) is 5.75 Å². The Morgan fingerprint density at radius 3 is 2.40 bits per heavy atom. The summed E-state index contributed by atoms with van der Waals surface area (Å²) < 4.78 is 32.5. The molecule has 0 radical (unpaired) electrons. The van der Waals surface area contributed by atoms with Crippen molar-refractivity contribution in [2.45, 2.75) is 45.1 Å². The second kappa shape index (κ2) is 10.1. The van der Waals surface area contributed by atoms with Crippen molar-refractivity contribution in [2.75, 3.05) is 13.1 Å². The lowest BCUT2D eigenvalue weighted by atomic mass is 9.97. The third kappa shape index (κ3) is 6.31. The Bertz CT molecular complexity index is 937. The molecule has 0 bridgehead atoms. The van der Waals surface area contributed by atoms with Gasteiger partial charge in [0, 0.05) is 25.6 Å². The van der Waals surface area contributed by atoms with Crippen LogP contribution < -0.4 is 10.1 Å². The number of carbonyl (C=O) groups is 1. The number of nitrogens with zero attached hydrogens (tertiary/aromatic N) is 1. The first-order chi connectivity index (χ1) is 14.3. The van der Waals surface area contributed by atoms with Crippen molar-refractivity contribution in [3.05, 3.63) is 65.7 Å². The second-order valence-corrected chi connectivity index (χ2v) is 9.92. The number of benzene rings is 2. The van der Waals surface area contributed by atoms with Gasteiger partial charge in [-0.25, -0.2) is 12.7 Å². The van der Waals surface area contributed by atoms with Crippen LogP contribution in [0.15, 0.2) is 54.6 Å². The number of hydrogen-bond donors (Lipinski definition) is 1. The SMILES string of the molecule is CC(C)Oc1cccc(CNC(=O)C2CCN(S(=O)(=O)Cc3ccccc3)CC2)c1. The Labute approximate surface area is 179 Å². The Balaban J connectivity index is 1.48. The minimum absolute atomic E-state index is 0.000504. The van der Waals surface area contributed by atoms with Gasteiger partial charge in [0.25, 0.3) is 0 Å². The zero-order chi connectivity index (χ0) is 21.6. The molecule has 1 heterocycles. The van der Waals surface area contributed by atoms with Crippen LogP contribution in [0.2, 0.25) is 0 Å². The maximum atomic E-state index is 12.7. The summed E-state index contributed by atoms with van der Waals surface area (Å²) in [5, 5.41) is 2.98. The Morgan fingerprint density at radius 1 is 1.07 bits per heavy atom. The molecule has 2 aromatic rings. The van der Waals surface area contributed by atoms with E-state index in [9.17, 15) is 13.2 Å². The molecule has 0 spiro atoms. The third-order valence-electron chi connectivity index (χ3n) is 5.15. The highest BCUT2D eigenvalue weighted by molar-refractivity contribution is 7.88. The molecule has 0 unspecified atom stereocenters. The highest BCUT2D eigenvalue weighted by Crippen LogP contribution is 2.22. The fourth-order valence-corrected chi connectivity index (χ4v) is 5.17. The lowest BCUT2D eigenvalue weighted by molar-refractivity contribution is -0.126. The van der Waals surface area contributed by atoms with Crippen LogP contribution >= 0.6 is 0 Å². The van der Waals surface area contributed by atoms with Crippen molar-refractivity contribution in [2.24, 2.45) is 5.92 Å². The molecule has 0 saturated carbocycles. The van der Waals surface area contributed by atoms with E-state index in [1.807, 2.05) is 68.4 Å². The van der Waals surface area contributed by atoms with Crippen LogP contribution in [0.25, 0.3) is 0 Å². The maximum absolute atomic E-state index is 12.7. The molecule has 1 fully saturated rings. The van der Waals surface area contributed by atoms with Gasteiger partial charge < -0.3 is 10.1 Å². The molecule has 6 nitrogen and oxygen atoms in total. The van der Waals surface area contributed by atoms with Gasteiger partial charge in [-0.3, -0.25) is 4.79 Å². The zero-order valence-corrected chi connectivity index (χ0v) is 18.4. The number of piperidine rings is 1. The van der Waals surface area contributed by atoms with Gasteiger partial charge >= 0.3 is 0 Å². The Hall–Kier alpha value is -2.38. The van der Waals surface area contributed by atoms with Crippen LogP contribution in [0.5, 0.6) is 5.75 Å². The van der Waals surface area contributed by atoms with Crippen LogP contribution in [-0.2, 0) is 27.1 Å². The molecular weight excluding hydrogens is 400 g/mol. The third-order valence-corrected chi connectivity index (χ3v) is 7.00. The van der Waals surface area contributed by atoms with E-state index in [1.165, 1.54) is 4.31 Å². The molecule has 1 aliphatic heterocycles. The molecule has 0 aromatic heterocycles. The number of amides is 1. The molecule has 1 N–H and O–H groups in total. The lowest BCUT2D eigenvalue weighted by Crippen LogP contribution is -2.43. The normalized spacial score (nSPS) is 15.8. The van der Waals surface area contributed by atoms with Gasteiger partial charge in [-0.15, -0.1) is 0 Å². The number of rotatable bonds is 8. The molecule has 2 aromatic carbocycles. The summed E-state index contributed by atoms with van der Waals surface area (Å²) in [6.45, 7) is 5.14. The van der Waals surface area contributed by atoms with E-state index in [2.05, 4.69) is 5.32 Å². The summed E-state index contributed by atoms with van der Waals surface area (Å²) in [4.78, 5) is 12.6. The van der Waals surface area contributed by atoms with Crippen molar-refractivity contribution >= 4 is 15.9 Å². The predicted molar refractivity (Wildman–Crippen MR) is 117 cm³/mol. The molecule has 1 saturated heterocycles. The Morgan fingerprint density at radius 2 is 1.73 bits per heavy atom. The standard InChI is InChI=1S/C23H30N2O4S/c1-18(2)29-22-10-6-9-20(15-22)16-24-23(26)21-11-13-25(14-12-21)30(27,28)17-19-7-4-3-5-8-19/h3-10,15,18,21H,11-14,16-17H2,1-2H3,(H,24,26). The van der Waals surface area contributed by atoms with Crippen LogP contribution in [0.1, 0.15) is 37.8 Å². The number of nitrogens with one attached hydrogen (secondary N) is 1. The van der Waals surface area contributed by atoms with Crippen LogP contribution in [0.4, 0.5) is 0 Å². The topological polar surface area (TPSA) is 75.7 Å². The maximum Gasteiger partial charge on any atom is 0.223 e.